The molecule has 0 fully saturated rings. The van der Waals surface area contributed by atoms with Crippen LogP contribution in [0.3, 0.4) is 0 Å². The summed E-state index contributed by atoms with van der Waals surface area (Å²) < 4.78 is 11.2. The van der Waals surface area contributed by atoms with E-state index in [0.717, 1.165) is 17.5 Å². The number of benzene rings is 1. The Bertz CT molecular complexity index is 728. The van der Waals surface area contributed by atoms with Gasteiger partial charge in [-0.2, -0.15) is 0 Å². The van der Waals surface area contributed by atoms with Gasteiger partial charge in [-0.05, 0) is 54.6 Å². The fraction of sp³-hybridized carbons (Fsp3) is 0.450. The summed E-state index contributed by atoms with van der Waals surface area (Å²) in [6, 6.07) is 11.4. The van der Waals surface area contributed by atoms with E-state index in [1.807, 2.05) is 43.3 Å². The molecule has 7 nitrogen and oxygen atoms in total. The van der Waals surface area contributed by atoms with Gasteiger partial charge in [0.1, 0.15) is 18.5 Å². The standard InChI is InChI=1S/C20H26N4O3/c1-3-15-7-10-19(22-12-15)20(25)14-27-17-8-5-16(6-9-17)11-18(26-4-2)13-23-24-21/h5-10,12,18,20,25H,3-4,11,13-14H2,1-2H3/t18-,20?/m0/s1. The van der Waals surface area contributed by atoms with Crippen molar-refractivity contribution in [3.63, 3.8) is 0 Å². The lowest BCUT2D eigenvalue weighted by Crippen LogP contribution is -2.19. The van der Waals surface area contributed by atoms with Crippen molar-refractivity contribution in [1.82, 2.24) is 4.98 Å². The number of hydrogen-bond donors (Lipinski definition) is 1. The van der Waals surface area contributed by atoms with E-state index in [4.69, 9.17) is 15.0 Å². The van der Waals surface area contributed by atoms with Crippen LogP contribution in [0.4, 0.5) is 0 Å². The number of pyridine rings is 1. The zero-order chi connectivity index (χ0) is 19.5. The van der Waals surface area contributed by atoms with Gasteiger partial charge in [-0.25, -0.2) is 0 Å². The van der Waals surface area contributed by atoms with E-state index in [1.165, 1.54) is 0 Å². The van der Waals surface area contributed by atoms with Crippen LogP contribution in [0, 0.1) is 0 Å². The Balaban J connectivity index is 1.87. The molecule has 7 heteroatoms. The lowest BCUT2D eigenvalue weighted by Gasteiger charge is -2.15. The molecule has 2 atom stereocenters. The molecule has 2 rings (SSSR count). The fourth-order valence-electron chi connectivity index (χ4n) is 2.63. The summed E-state index contributed by atoms with van der Waals surface area (Å²) in [7, 11) is 0. The number of aliphatic hydroxyl groups is 1. The number of azide groups is 1. The lowest BCUT2D eigenvalue weighted by atomic mass is 10.1. The summed E-state index contributed by atoms with van der Waals surface area (Å²) in [5.74, 6) is 0.672. The first-order valence-corrected chi connectivity index (χ1v) is 9.13. The maximum atomic E-state index is 10.2. The van der Waals surface area contributed by atoms with Crippen molar-refractivity contribution in [3.8, 4) is 5.75 Å². The SMILES string of the molecule is CCO[C@H](CN=[N+]=[N-])Cc1ccc(OCC(O)c2ccc(CC)cn2)cc1. The molecule has 1 N–H and O–H groups in total. The van der Waals surface area contributed by atoms with E-state index in [-0.39, 0.29) is 12.7 Å². The van der Waals surface area contributed by atoms with Gasteiger partial charge >= 0.3 is 0 Å². The van der Waals surface area contributed by atoms with Crippen molar-refractivity contribution >= 4 is 0 Å². The molecule has 1 aromatic carbocycles. The van der Waals surface area contributed by atoms with Crippen molar-refractivity contribution in [3.05, 3.63) is 69.9 Å². The smallest absolute Gasteiger partial charge is 0.130 e. The molecule has 144 valence electrons. The molecule has 0 aliphatic rings. The lowest BCUT2D eigenvalue weighted by molar-refractivity contribution is 0.0695. The zero-order valence-corrected chi connectivity index (χ0v) is 15.8. The maximum absolute atomic E-state index is 10.2. The van der Waals surface area contributed by atoms with E-state index in [0.29, 0.717) is 31.0 Å². The highest BCUT2D eigenvalue weighted by molar-refractivity contribution is 5.28. The normalized spacial score (nSPS) is 12.9. The predicted molar refractivity (Wildman–Crippen MR) is 104 cm³/mol. The van der Waals surface area contributed by atoms with Crippen LogP contribution in [0.2, 0.25) is 0 Å². The van der Waals surface area contributed by atoms with Crippen LogP contribution in [-0.2, 0) is 17.6 Å². The monoisotopic (exact) mass is 370 g/mol. The molecule has 0 amide bonds. The van der Waals surface area contributed by atoms with Crippen LogP contribution in [0.15, 0.2) is 47.7 Å². The Morgan fingerprint density at radius 1 is 1.15 bits per heavy atom. The van der Waals surface area contributed by atoms with Crippen molar-refractivity contribution in [1.29, 1.82) is 0 Å². The molecular formula is C20H26N4O3. The fourth-order valence-corrected chi connectivity index (χ4v) is 2.63. The summed E-state index contributed by atoms with van der Waals surface area (Å²) in [4.78, 5) is 7.06. The third-order valence-corrected chi connectivity index (χ3v) is 4.14. The predicted octanol–water partition coefficient (Wildman–Crippen LogP) is 4.01. The Kier molecular flexibility index (Phi) is 8.58. The van der Waals surface area contributed by atoms with Gasteiger partial charge in [-0.3, -0.25) is 4.98 Å². The summed E-state index contributed by atoms with van der Waals surface area (Å²) in [5.41, 5.74) is 11.3. The maximum Gasteiger partial charge on any atom is 0.130 e. The molecule has 0 aliphatic carbocycles. The van der Waals surface area contributed by atoms with Gasteiger partial charge < -0.3 is 14.6 Å². The van der Waals surface area contributed by atoms with Crippen LogP contribution in [-0.4, -0.2) is 36.0 Å². The molecule has 0 bridgehead atoms. The molecule has 1 unspecified atom stereocenters. The summed E-state index contributed by atoms with van der Waals surface area (Å²) in [5, 5.41) is 13.8. The summed E-state index contributed by atoms with van der Waals surface area (Å²) in [6.07, 6.45) is 2.43. The molecule has 0 radical (unpaired) electrons. The van der Waals surface area contributed by atoms with E-state index in [1.54, 1.807) is 6.20 Å². The number of aliphatic hydroxyl groups excluding tert-OH is 1. The number of rotatable bonds is 11. The topological polar surface area (TPSA) is 100 Å². The van der Waals surface area contributed by atoms with Crippen LogP contribution < -0.4 is 4.74 Å². The molecule has 0 spiro atoms. The molecule has 2 aromatic rings. The van der Waals surface area contributed by atoms with E-state index in [2.05, 4.69) is 21.9 Å². The van der Waals surface area contributed by atoms with Crippen molar-refractivity contribution < 1.29 is 14.6 Å². The van der Waals surface area contributed by atoms with E-state index >= 15 is 0 Å². The summed E-state index contributed by atoms with van der Waals surface area (Å²) in [6.45, 7) is 4.98. The number of aryl methyl sites for hydroxylation is 1. The second-order valence-electron chi connectivity index (χ2n) is 6.11. The Labute approximate surface area is 159 Å². The van der Waals surface area contributed by atoms with Gasteiger partial charge in [0.15, 0.2) is 0 Å². The number of nitrogens with zero attached hydrogens (tertiary/aromatic N) is 4. The van der Waals surface area contributed by atoms with Crippen LogP contribution in [0.5, 0.6) is 5.75 Å². The number of aromatic nitrogens is 1. The number of ether oxygens (including phenoxy) is 2. The summed E-state index contributed by atoms with van der Waals surface area (Å²) >= 11 is 0. The van der Waals surface area contributed by atoms with Crippen LogP contribution in [0.1, 0.15) is 36.8 Å². The molecular weight excluding hydrogens is 344 g/mol. The first-order valence-electron chi connectivity index (χ1n) is 9.13. The molecule has 0 saturated carbocycles. The van der Waals surface area contributed by atoms with Crippen molar-refractivity contribution in [2.45, 2.75) is 38.9 Å². The van der Waals surface area contributed by atoms with Crippen molar-refractivity contribution in [2.24, 2.45) is 5.11 Å². The third-order valence-electron chi connectivity index (χ3n) is 4.14. The Morgan fingerprint density at radius 3 is 2.48 bits per heavy atom. The largest absolute Gasteiger partial charge is 0.490 e. The molecule has 1 aromatic heterocycles. The first-order chi connectivity index (χ1) is 13.2. The van der Waals surface area contributed by atoms with Crippen LogP contribution >= 0.6 is 0 Å². The van der Waals surface area contributed by atoms with E-state index in [9.17, 15) is 5.11 Å². The highest BCUT2D eigenvalue weighted by Crippen LogP contribution is 2.17. The second kappa shape index (κ2) is 11.2. The average molecular weight is 370 g/mol. The highest BCUT2D eigenvalue weighted by atomic mass is 16.5. The molecule has 0 saturated heterocycles. The van der Waals surface area contributed by atoms with Gasteiger partial charge in [-0.1, -0.05) is 30.2 Å². The van der Waals surface area contributed by atoms with Gasteiger partial charge in [0.2, 0.25) is 0 Å². The minimum atomic E-state index is -0.776. The first kappa shape index (κ1) is 20.7. The Morgan fingerprint density at radius 2 is 1.89 bits per heavy atom. The molecule has 27 heavy (non-hydrogen) atoms. The number of hydrogen-bond acceptors (Lipinski definition) is 5. The zero-order valence-electron chi connectivity index (χ0n) is 15.8. The van der Waals surface area contributed by atoms with Gasteiger partial charge in [0, 0.05) is 17.7 Å². The van der Waals surface area contributed by atoms with Gasteiger partial charge in [0.25, 0.3) is 0 Å². The third kappa shape index (κ3) is 6.90. The van der Waals surface area contributed by atoms with E-state index < -0.39 is 6.10 Å². The van der Waals surface area contributed by atoms with Gasteiger partial charge in [0.05, 0.1) is 18.3 Å². The quantitative estimate of drug-likeness (QED) is 0.367. The van der Waals surface area contributed by atoms with Crippen LogP contribution in [0.25, 0.3) is 10.4 Å². The average Bonchev–Trinajstić information content (AvgIpc) is 2.71. The van der Waals surface area contributed by atoms with Crippen molar-refractivity contribution in [2.75, 3.05) is 19.8 Å². The van der Waals surface area contributed by atoms with Gasteiger partial charge in [-0.15, -0.1) is 0 Å². The minimum Gasteiger partial charge on any atom is -0.490 e. The minimum absolute atomic E-state index is 0.135. The molecule has 0 aliphatic heterocycles. The Hall–Kier alpha value is -2.60. The highest BCUT2D eigenvalue weighted by Gasteiger charge is 2.11. The molecule has 1 heterocycles. The second-order valence-corrected chi connectivity index (χ2v) is 6.11.